The SMILES string of the molecule is CC1(C)CC(=O)C2=C(Cc3[nH]nc(C4CC4)c3C2(C)c2cccnc2)C1.CC1(C)CC(=O)C2=C(Cc3[nH]ncc3C2(C)c2cccc(C#N)c2)C1.CC1(c2ccccc2)C2=C(Cc3[nH]nc(C4CC4)c31)CC1(CCCCC1)CC2=O.Cc1cccc(C2(C)C3=C(Cc4[nH]ncc42)CC(C)(C)CC3=O)c1.Cc1ccccc1C1(C)C2=C(Cc3n[nH]c(C)c31)CC(C)(C)CC2=O. The van der Waals surface area contributed by atoms with Crippen LogP contribution in [0.5, 0.6) is 0 Å². The summed E-state index contributed by atoms with van der Waals surface area (Å²) in [7, 11) is 0. The quantitative estimate of drug-likeness (QED) is 0.0997. The number of carbonyl (C=O) groups excluding carboxylic acids is 5. The zero-order chi connectivity index (χ0) is 90.7. The first-order valence-electron chi connectivity index (χ1n) is 47.5. The van der Waals surface area contributed by atoms with Crippen LogP contribution in [0.15, 0.2) is 196 Å². The highest BCUT2D eigenvalue weighted by Crippen LogP contribution is 2.62. The van der Waals surface area contributed by atoms with E-state index in [0.717, 1.165) is 144 Å². The number of nitrogens with one attached hydrogen (secondary N) is 5. The number of rotatable bonds is 7. The minimum Gasteiger partial charge on any atom is -0.294 e. The first-order chi connectivity index (χ1) is 61.4. The number of H-pyrrole nitrogens is 5. The average molecular weight is 1720 g/mol. The number of hydrogen-bond acceptors (Lipinski definition) is 12. The van der Waals surface area contributed by atoms with E-state index in [1.54, 1.807) is 12.3 Å². The van der Waals surface area contributed by atoms with Crippen molar-refractivity contribution in [3.8, 4) is 6.07 Å². The van der Waals surface area contributed by atoms with Crippen LogP contribution >= 0.6 is 0 Å². The number of hydrogen-bond donors (Lipinski definition) is 5. The molecule has 13 aliphatic rings. The number of Topliss-reactive ketones (excluding diaryl/α,β-unsaturated/α-hetero) is 5. The highest BCUT2D eigenvalue weighted by molar-refractivity contribution is 6.05. The van der Waals surface area contributed by atoms with Gasteiger partial charge in [-0.05, 0) is 205 Å². The molecule has 13 aliphatic carbocycles. The van der Waals surface area contributed by atoms with Crippen molar-refractivity contribution in [2.45, 2.75) is 304 Å². The van der Waals surface area contributed by atoms with Crippen LogP contribution in [-0.4, -0.2) is 84.9 Å². The monoisotopic (exact) mass is 1720 g/mol. The number of aromatic amines is 5. The van der Waals surface area contributed by atoms with E-state index < -0.39 is 21.7 Å². The first-order valence-corrected chi connectivity index (χ1v) is 47.5. The Bertz CT molecular complexity index is 6490. The fourth-order valence-electron chi connectivity index (χ4n) is 26.7. The van der Waals surface area contributed by atoms with Gasteiger partial charge in [0.25, 0.3) is 0 Å². The van der Waals surface area contributed by atoms with Crippen LogP contribution < -0.4 is 0 Å². The van der Waals surface area contributed by atoms with Gasteiger partial charge in [0, 0.05) is 194 Å². The molecule has 3 saturated carbocycles. The van der Waals surface area contributed by atoms with Crippen molar-refractivity contribution in [1.82, 2.24) is 56.0 Å². The lowest BCUT2D eigenvalue weighted by atomic mass is 9.55. The maximum absolute atomic E-state index is 13.8. The maximum Gasteiger partial charge on any atom is 0.160 e. The van der Waals surface area contributed by atoms with Gasteiger partial charge in [-0.1, -0.05) is 205 Å². The number of benzene rings is 4. The molecule has 1 spiro atoms. The van der Waals surface area contributed by atoms with Crippen LogP contribution in [0.2, 0.25) is 0 Å². The minimum absolute atomic E-state index is 0.0111. The Hall–Kier alpha value is -11.4. The molecular formula is C112H126N12O5. The van der Waals surface area contributed by atoms with Gasteiger partial charge in [-0.15, -0.1) is 0 Å². The number of aromatic nitrogens is 11. The van der Waals surface area contributed by atoms with E-state index in [1.165, 1.54) is 153 Å². The molecule has 0 aliphatic heterocycles. The number of aryl methyl sites for hydroxylation is 3. The summed E-state index contributed by atoms with van der Waals surface area (Å²) in [4.78, 5) is 71.2. The van der Waals surface area contributed by atoms with Crippen molar-refractivity contribution >= 4 is 28.9 Å². The summed E-state index contributed by atoms with van der Waals surface area (Å²) in [6.07, 6.45) is 30.9. The summed E-state index contributed by atoms with van der Waals surface area (Å²) in [5, 5.41) is 48.2. The molecule has 23 rings (SSSR count). The molecule has 129 heavy (non-hydrogen) atoms. The summed E-state index contributed by atoms with van der Waals surface area (Å²) in [6.45, 7) is 34.9. The Morgan fingerprint density at radius 1 is 0.364 bits per heavy atom. The van der Waals surface area contributed by atoms with Crippen LogP contribution in [0, 0.1) is 59.2 Å². The van der Waals surface area contributed by atoms with E-state index in [1.807, 2.05) is 42.9 Å². The third kappa shape index (κ3) is 14.9. The molecule has 3 fully saturated rings. The Morgan fingerprint density at radius 3 is 1.29 bits per heavy atom. The van der Waals surface area contributed by atoms with Gasteiger partial charge < -0.3 is 0 Å². The second kappa shape index (κ2) is 31.7. The molecule has 6 heterocycles. The van der Waals surface area contributed by atoms with E-state index in [-0.39, 0.29) is 38.3 Å². The third-order valence-electron chi connectivity index (χ3n) is 32.1. The predicted octanol–water partition coefficient (Wildman–Crippen LogP) is 22.7. The highest BCUT2D eigenvalue weighted by atomic mass is 16.1. The molecule has 0 radical (unpaired) electrons. The molecule has 0 bridgehead atoms. The summed E-state index contributed by atoms with van der Waals surface area (Å²) >= 11 is 0. The van der Waals surface area contributed by atoms with E-state index in [2.05, 4.69) is 248 Å². The molecule has 5 atom stereocenters. The predicted molar refractivity (Wildman–Crippen MR) is 504 cm³/mol. The summed E-state index contributed by atoms with van der Waals surface area (Å²) < 4.78 is 0. The lowest BCUT2D eigenvalue weighted by Gasteiger charge is -2.47. The molecule has 17 nitrogen and oxygen atoms in total. The Morgan fingerprint density at radius 2 is 0.798 bits per heavy atom. The topological polar surface area (TPSA) is 265 Å². The number of pyridine rings is 1. The normalized spacial score (nSPS) is 26.2. The van der Waals surface area contributed by atoms with Gasteiger partial charge in [0.2, 0.25) is 0 Å². The first kappa shape index (κ1) is 87.0. The minimum atomic E-state index is -0.559. The van der Waals surface area contributed by atoms with Gasteiger partial charge in [-0.2, -0.15) is 30.8 Å². The largest absolute Gasteiger partial charge is 0.294 e. The highest BCUT2D eigenvalue weighted by Gasteiger charge is 2.57. The number of allylic oxidation sites excluding steroid dienone is 10. The van der Waals surface area contributed by atoms with Crippen molar-refractivity contribution < 1.29 is 24.0 Å². The maximum atomic E-state index is 13.8. The van der Waals surface area contributed by atoms with Crippen LogP contribution in [0.25, 0.3) is 0 Å². The van der Waals surface area contributed by atoms with Crippen LogP contribution in [0.4, 0.5) is 0 Å². The van der Waals surface area contributed by atoms with E-state index >= 15 is 0 Å². The van der Waals surface area contributed by atoms with E-state index in [0.29, 0.717) is 66.2 Å². The molecule has 10 aromatic rings. The van der Waals surface area contributed by atoms with Gasteiger partial charge >= 0.3 is 0 Å². The van der Waals surface area contributed by atoms with Gasteiger partial charge in [0.05, 0.1) is 46.5 Å². The number of fused-ring (bicyclic) bond motifs is 5. The zero-order valence-electron chi connectivity index (χ0n) is 78.6. The van der Waals surface area contributed by atoms with Gasteiger partial charge in [0.1, 0.15) is 0 Å². The van der Waals surface area contributed by atoms with Crippen LogP contribution in [0.3, 0.4) is 0 Å². The van der Waals surface area contributed by atoms with Gasteiger partial charge in [-0.3, -0.25) is 54.5 Å². The molecule has 0 amide bonds. The van der Waals surface area contributed by atoms with Crippen LogP contribution in [0.1, 0.15) is 342 Å². The summed E-state index contributed by atoms with van der Waals surface area (Å²) in [5.74, 6) is 2.67. The summed E-state index contributed by atoms with van der Waals surface area (Å²) in [6, 6.07) is 41.6. The van der Waals surface area contributed by atoms with Gasteiger partial charge in [0.15, 0.2) is 28.9 Å². The molecule has 5 unspecified atom stereocenters. The van der Waals surface area contributed by atoms with Gasteiger partial charge in [-0.25, -0.2) is 0 Å². The third-order valence-corrected chi connectivity index (χ3v) is 32.1. The van der Waals surface area contributed by atoms with Crippen molar-refractivity contribution in [2.75, 3.05) is 0 Å². The van der Waals surface area contributed by atoms with Crippen LogP contribution in [-0.2, 0) is 83.2 Å². The van der Waals surface area contributed by atoms with Crippen molar-refractivity contribution in [1.29, 1.82) is 5.26 Å². The number of nitriles is 1. The summed E-state index contributed by atoms with van der Waals surface area (Å²) in [5.41, 5.74) is 33.7. The number of ketones is 5. The molecule has 6 aromatic heterocycles. The second-order valence-electron chi connectivity index (χ2n) is 44.7. The molecular weight excluding hydrogens is 1590 g/mol. The van der Waals surface area contributed by atoms with E-state index in [4.69, 9.17) is 10.2 Å². The smallest absolute Gasteiger partial charge is 0.160 e. The number of carbonyl (C=O) groups is 5. The fourth-order valence-corrected chi connectivity index (χ4v) is 26.7. The fraction of sp³-hybridized carbons (Fsp3) is 0.464. The zero-order valence-corrected chi connectivity index (χ0v) is 78.6. The lowest BCUT2D eigenvalue weighted by molar-refractivity contribution is -0.120. The Balaban J connectivity index is 0.000000105. The standard InChI is InChI=1S/C26H30N2O.C22H25N3O.C22H26N2O.C21H21N3O.C21H24N2O/c1-25(19-8-4-2-5-9-19)22-18(14-20-23(25)24(28-27-20)17-10-11-17)15-26(16-21(22)29)12-6-3-7-13-26;1-21(2)10-14-9-16-19(20(25-24-16)13-6-7-13)22(3,18(14)17(26)11-21)15-5-4-8-23-12-15;1-13-8-6-7-9-16(13)22(5)19-14(2)23-24-17(19)10-15-11-21(3,4)12-18(25)20(15)22;1-20(2)9-14-8-17-16(12-23-24-17)21(3,19(14)18(25)10-20)15-6-4-5-13(7-15)11-22;1-13-6-5-7-15(8-13)21(4)16-12-22-23-17(16)9-14-10-20(2,3)11-18(24)19(14)21/h2,4-5,8-9,17H,3,6-7,10-16H2,1H3,(H,27,28);4-5,8,12-13H,6-7,9-11H2,1-3H3,(H,24,25);6-9H,10-12H2,1-5H3,(H,23,24);4-7,12H,8-10H2,1-3H3,(H,23,24);5-8,12H,9-11H2,1-4H3,(H,22,23). The molecule has 4 aromatic carbocycles. The average Bonchev–Trinajstić information content (AvgIpc) is 1.50. The van der Waals surface area contributed by atoms with E-state index in [9.17, 15) is 29.2 Å². The molecule has 664 valence electrons. The second-order valence-corrected chi connectivity index (χ2v) is 44.7. The number of nitrogens with zero attached hydrogens (tertiary/aromatic N) is 7. The molecule has 5 N–H and O–H groups in total. The Labute approximate surface area is 760 Å². The van der Waals surface area contributed by atoms with Crippen molar-refractivity contribution in [3.05, 3.63) is 314 Å². The Kier molecular flexibility index (Phi) is 21.4. The molecule has 17 heteroatoms. The molecule has 0 saturated heterocycles. The van der Waals surface area contributed by atoms with Crippen molar-refractivity contribution in [2.24, 2.45) is 27.1 Å². The van der Waals surface area contributed by atoms with Crippen molar-refractivity contribution in [3.63, 3.8) is 0 Å². The lowest BCUT2D eigenvalue weighted by Crippen LogP contribution is -2.43.